The van der Waals surface area contributed by atoms with E-state index >= 15 is 0 Å². The molecule has 8 heteroatoms. The van der Waals surface area contributed by atoms with Gasteiger partial charge in [-0.05, 0) is 13.0 Å². The monoisotopic (exact) mass is 268 g/mol. The highest BCUT2D eigenvalue weighted by atomic mass is 35.5. The van der Waals surface area contributed by atoms with Crippen LogP contribution in [-0.4, -0.2) is 40.9 Å². The molecule has 1 aromatic rings. The summed E-state index contributed by atoms with van der Waals surface area (Å²) in [6, 6.07) is 0.306. The summed E-state index contributed by atoms with van der Waals surface area (Å²) in [5.74, 6) is -0.367. The van der Waals surface area contributed by atoms with Gasteiger partial charge in [0, 0.05) is 6.54 Å². The molecule has 16 heavy (non-hydrogen) atoms. The first-order chi connectivity index (χ1) is 6.81. The third-order valence-electron chi connectivity index (χ3n) is 2.28. The Morgan fingerprint density at radius 3 is 2.94 bits per heavy atom. The molecule has 0 aliphatic carbocycles. The molecule has 0 amide bonds. The molecule has 0 aromatic carbocycles. The van der Waals surface area contributed by atoms with E-state index in [0.717, 1.165) is 19.5 Å². The van der Waals surface area contributed by atoms with Crippen LogP contribution < -0.4 is 5.32 Å². The van der Waals surface area contributed by atoms with Crippen LogP contribution in [0.2, 0.25) is 0 Å². The molecule has 0 bridgehead atoms. The maximum absolute atomic E-state index is 11.1. The van der Waals surface area contributed by atoms with Gasteiger partial charge in [-0.25, -0.2) is 14.5 Å². The molecule has 2 heterocycles. The van der Waals surface area contributed by atoms with Crippen molar-refractivity contribution in [2.24, 2.45) is 0 Å². The van der Waals surface area contributed by atoms with E-state index in [-0.39, 0.29) is 30.6 Å². The largest absolute Gasteiger partial charge is 0.463 e. The number of ether oxygens (including phenoxy) is 1. The van der Waals surface area contributed by atoms with Crippen LogP contribution in [0.1, 0.15) is 23.1 Å². The number of methoxy groups -OCH3 is 1. The number of carbonyl (C=O) groups excluding carboxylic acids is 1. The number of nitrogens with zero attached hydrogens (tertiary/aromatic N) is 3. The van der Waals surface area contributed by atoms with Gasteiger partial charge in [0.05, 0.1) is 13.2 Å². The van der Waals surface area contributed by atoms with E-state index in [4.69, 9.17) is 0 Å². The van der Waals surface area contributed by atoms with Gasteiger partial charge in [-0.3, -0.25) is 0 Å². The first-order valence-electron chi connectivity index (χ1n) is 4.51. The van der Waals surface area contributed by atoms with Crippen molar-refractivity contribution in [2.45, 2.75) is 12.5 Å². The van der Waals surface area contributed by atoms with Crippen molar-refractivity contribution in [1.82, 2.24) is 20.1 Å². The Hall–Kier alpha value is -0.850. The van der Waals surface area contributed by atoms with Crippen LogP contribution in [0.5, 0.6) is 0 Å². The van der Waals surface area contributed by atoms with E-state index < -0.39 is 5.97 Å². The Kier molecular flexibility index (Phi) is 6.32. The molecule has 0 radical (unpaired) electrons. The van der Waals surface area contributed by atoms with Crippen molar-refractivity contribution in [3.05, 3.63) is 12.2 Å². The van der Waals surface area contributed by atoms with Crippen molar-refractivity contribution in [3.8, 4) is 0 Å². The average molecular weight is 269 g/mol. The van der Waals surface area contributed by atoms with Gasteiger partial charge in [-0.15, -0.1) is 29.9 Å². The number of halogens is 2. The van der Waals surface area contributed by atoms with Crippen LogP contribution in [0.15, 0.2) is 6.33 Å². The highest BCUT2D eigenvalue weighted by Crippen LogP contribution is 2.12. The van der Waals surface area contributed by atoms with Gasteiger partial charge in [0.1, 0.15) is 6.33 Å². The van der Waals surface area contributed by atoms with Crippen molar-refractivity contribution in [3.63, 3.8) is 0 Å². The van der Waals surface area contributed by atoms with E-state index in [1.54, 1.807) is 11.0 Å². The minimum Gasteiger partial charge on any atom is -0.463 e. The minimum atomic E-state index is -0.491. The predicted octanol–water partition coefficient (Wildman–Crippen LogP) is 0.443. The zero-order valence-corrected chi connectivity index (χ0v) is 10.4. The maximum atomic E-state index is 11.1. The zero-order chi connectivity index (χ0) is 9.97. The number of hydrogen-bond donors (Lipinski definition) is 1. The van der Waals surface area contributed by atoms with Crippen LogP contribution in [0.25, 0.3) is 0 Å². The molecule has 92 valence electrons. The minimum absolute atomic E-state index is 0. The third-order valence-corrected chi connectivity index (χ3v) is 2.28. The fourth-order valence-electron chi connectivity index (χ4n) is 1.50. The first kappa shape index (κ1) is 15.2. The Bertz CT molecular complexity index is 339. The molecular weight excluding hydrogens is 255 g/mol. The van der Waals surface area contributed by atoms with E-state index in [2.05, 4.69) is 20.1 Å². The number of aromatic nitrogens is 3. The summed E-state index contributed by atoms with van der Waals surface area (Å²) in [4.78, 5) is 14.9. The Balaban J connectivity index is 0.00000112. The zero-order valence-electron chi connectivity index (χ0n) is 8.75. The van der Waals surface area contributed by atoms with E-state index in [0.29, 0.717) is 6.04 Å². The highest BCUT2D eigenvalue weighted by molar-refractivity contribution is 5.85. The second kappa shape index (κ2) is 6.67. The molecule has 2 rings (SSSR count). The number of nitrogens with one attached hydrogen (secondary N) is 1. The van der Waals surface area contributed by atoms with Crippen LogP contribution in [0.3, 0.4) is 0 Å². The Labute approximate surface area is 106 Å². The molecule has 1 fully saturated rings. The lowest BCUT2D eigenvalue weighted by molar-refractivity contribution is 0.0586. The molecule has 1 saturated heterocycles. The summed E-state index contributed by atoms with van der Waals surface area (Å²) in [5.41, 5.74) is 0. The maximum Gasteiger partial charge on any atom is 0.377 e. The summed E-state index contributed by atoms with van der Waals surface area (Å²) < 4.78 is 6.23. The molecular formula is C8H14Cl2N4O2. The standard InChI is InChI=1S/C8H12N4O2.2ClH/c1-14-8(13)7-10-5-12(11-7)6-2-3-9-4-6;;/h5-6,9H,2-4H2,1H3;2*1H. The average Bonchev–Trinajstić information content (AvgIpc) is 2.86. The smallest absolute Gasteiger partial charge is 0.377 e. The number of rotatable bonds is 2. The predicted molar refractivity (Wildman–Crippen MR) is 62.4 cm³/mol. The van der Waals surface area contributed by atoms with Crippen molar-refractivity contribution in [2.75, 3.05) is 20.2 Å². The third kappa shape index (κ3) is 3.07. The summed E-state index contributed by atoms with van der Waals surface area (Å²) in [6.07, 6.45) is 2.59. The lowest BCUT2D eigenvalue weighted by Crippen LogP contribution is -2.14. The fourth-order valence-corrected chi connectivity index (χ4v) is 1.50. The van der Waals surface area contributed by atoms with Crippen LogP contribution in [0, 0.1) is 0 Å². The second-order valence-corrected chi connectivity index (χ2v) is 3.19. The molecule has 0 spiro atoms. The van der Waals surface area contributed by atoms with Crippen molar-refractivity contribution >= 4 is 30.8 Å². The van der Waals surface area contributed by atoms with E-state index in [1.165, 1.54) is 7.11 Å². The SMILES string of the molecule is COC(=O)c1ncn(C2CCNC2)n1.Cl.Cl. The highest BCUT2D eigenvalue weighted by Gasteiger charge is 2.19. The lowest BCUT2D eigenvalue weighted by Gasteiger charge is -2.06. The molecule has 1 aliphatic heterocycles. The lowest BCUT2D eigenvalue weighted by atomic mass is 10.3. The molecule has 0 saturated carbocycles. The van der Waals surface area contributed by atoms with Crippen molar-refractivity contribution in [1.29, 1.82) is 0 Å². The van der Waals surface area contributed by atoms with Gasteiger partial charge >= 0.3 is 5.97 Å². The number of carbonyl (C=O) groups is 1. The van der Waals surface area contributed by atoms with Gasteiger partial charge in [0.25, 0.3) is 5.82 Å². The summed E-state index contributed by atoms with van der Waals surface area (Å²) in [5, 5.41) is 7.27. The van der Waals surface area contributed by atoms with Crippen LogP contribution in [0.4, 0.5) is 0 Å². The van der Waals surface area contributed by atoms with Gasteiger partial charge in [-0.2, -0.15) is 0 Å². The summed E-state index contributed by atoms with van der Waals surface area (Å²) in [6.45, 7) is 1.86. The van der Waals surface area contributed by atoms with Gasteiger partial charge in [0.2, 0.25) is 0 Å². The summed E-state index contributed by atoms with van der Waals surface area (Å²) >= 11 is 0. The molecule has 1 aliphatic rings. The molecule has 1 unspecified atom stereocenters. The first-order valence-corrected chi connectivity index (χ1v) is 4.51. The molecule has 6 nitrogen and oxygen atoms in total. The topological polar surface area (TPSA) is 69.0 Å². The van der Waals surface area contributed by atoms with E-state index in [1.807, 2.05) is 0 Å². The number of esters is 1. The molecule has 1 aromatic heterocycles. The van der Waals surface area contributed by atoms with Gasteiger partial charge in [0.15, 0.2) is 0 Å². The van der Waals surface area contributed by atoms with Gasteiger partial charge in [-0.1, -0.05) is 0 Å². The normalized spacial score (nSPS) is 18.4. The quantitative estimate of drug-likeness (QED) is 0.789. The Morgan fingerprint density at radius 2 is 2.38 bits per heavy atom. The van der Waals surface area contributed by atoms with Gasteiger partial charge < -0.3 is 10.1 Å². The Morgan fingerprint density at radius 1 is 1.62 bits per heavy atom. The number of hydrogen-bond acceptors (Lipinski definition) is 5. The van der Waals surface area contributed by atoms with Crippen molar-refractivity contribution < 1.29 is 9.53 Å². The molecule has 1 atom stereocenters. The second-order valence-electron chi connectivity index (χ2n) is 3.19. The van der Waals surface area contributed by atoms with E-state index in [9.17, 15) is 4.79 Å². The fraction of sp³-hybridized carbons (Fsp3) is 0.625. The molecule has 1 N–H and O–H groups in total. The summed E-state index contributed by atoms with van der Waals surface area (Å²) in [7, 11) is 1.32. The van der Waals surface area contributed by atoms with Crippen LogP contribution in [-0.2, 0) is 4.74 Å². The van der Waals surface area contributed by atoms with Crippen LogP contribution >= 0.6 is 24.8 Å².